The third-order valence-corrected chi connectivity index (χ3v) is 3.70. The number of anilines is 1. The summed E-state index contributed by atoms with van der Waals surface area (Å²) in [6, 6.07) is 15.2. The summed E-state index contributed by atoms with van der Waals surface area (Å²) in [6.45, 7) is 3.27. The van der Waals surface area contributed by atoms with E-state index in [2.05, 4.69) is 11.8 Å². The van der Waals surface area contributed by atoms with Gasteiger partial charge in [0, 0.05) is 18.2 Å². The number of aliphatic hydroxyl groups is 1. The first-order valence-electron chi connectivity index (χ1n) is 7.96. The second-order valence-corrected chi connectivity index (χ2v) is 6.39. The molecule has 0 bridgehead atoms. The first-order chi connectivity index (χ1) is 11.8. The summed E-state index contributed by atoms with van der Waals surface area (Å²) in [5, 5.41) is 9.78. The average Bonchev–Trinajstić information content (AvgIpc) is 2.58. The zero-order valence-electron chi connectivity index (χ0n) is 14.4. The number of carbonyl (C=O) groups is 1. The molecule has 0 spiro atoms. The van der Waals surface area contributed by atoms with Crippen molar-refractivity contribution in [1.29, 1.82) is 0 Å². The molecular weight excluding hydrogens is 314 g/mol. The van der Waals surface area contributed by atoms with Crippen LogP contribution in [0.3, 0.4) is 0 Å². The van der Waals surface area contributed by atoms with Crippen molar-refractivity contribution >= 4 is 23.6 Å². The van der Waals surface area contributed by atoms with Crippen molar-refractivity contribution in [2.45, 2.75) is 19.4 Å². The van der Waals surface area contributed by atoms with Gasteiger partial charge in [0.2, 0.25) is 0 Å². The van der Waals surface area contributed by atoms with Gasteiger partial charge < -0.3 is 9.84 Å². The van der Waals surface area contributed by atoms with Gasteiger partial charge in [-0.1, -0.05) is 42.2 Å². The lowest BCUT2D eigenvalue weighted by molar-refractivity contribution is 0.143. The number of ether oxygens (including phenoxy) is 1. The summed E-state index contributed by atoms with van der Waals surface area (Å²) in [5.74, 6) is 6.24. The van der Waals surface area contributed by atoms with Gasteiger partial charge in [0.15, 0.2) is 0 Å². The molecule has 1 amide bonds. The maximum atomic E-state index is 12.1. The van der Waals surface area contributed by atoms with Gasteiger partial charge in [0.1, 0.15) is 11.4 Å². The number of hydrogen-bond donors (Lipinski definition) is 1. The first kappa shape index (κ1) is 16.8. The molecule has 0 atom stereocenters. The van der Waals surface area contributed by atoms with Crippen LogP contribution in [-0.2, 0) is 4.74 Å². The molecule has 0 unspecified atom stereocenters. The molecule has 1 aliphatic rings. The predicted molar refractivity (Wildman–Crippen MR) is 98.8 cm³/mol. The quantitative estimate of drug-likeness (QED) is 0.806. The lowest BCUT2D eigenvalue weighted by Gasteiger charge is -2.27. The topological polar surface area (TPSA) is 49.8 Å². The summed E-state index contributed by atoms with van der Waals surface area (Å²) in [7, 11) is 1.67. The van der Waals surface area contributed by atoms with Crippen LogP contribution in [0.1, 0.15) is 30.5 Å². The number of cyclic esters (lactones) is 1. The van der Waals surface area contributed by atoms with Gasteiger partial charge in [0.05, 0.1) is 5.69 Å². The van der Waals surface area contributed by atoms with Crippen molar-refractivity contribution < 1.29 is 14.6 Å². The number of amides is 1. The molecule has 0 radical (unpaired) electrons. The highest BCUT2D eigenvalue weighted by Gasteiger charge is 2.26. The van der Waals surface area contributed by atoms with Gasteiger partial charge in [-0.05, 0) is 43.7 Å². The first-order valence-corrected chi connectivity index (χ1v) is 7.96. The molecule has 0 aromatic heterocycles. The summed E-state index contributed by atoms with van der Waals surface area (Å²) < 4.78 is 5.48. The van der Waals surface area contributed by atoms with E-state index in [0.29, 0.717) is 5.76 Å². The molecule has 0 saturated carbocycles. The second kappa shape index (κ2) is 6.46. The molecule has 4 heteroatoms. The Morgan fingerprint density at radius 2 is 1.88 bits per heavy atom. The predicted octanol–water partition coefficient (Wildman–Crippen LogP) is 3.89. The number of carbonyl (C=O) groups excluding carboxylic acids is 1. The van der Waals surface area contributed by atoms with E-state index in [-0.39, 0.29) is 0 Å². The molecule has 1 aliphatic heterocycles. The Morgan fingerprint density at radius 1 is 1.16 bits per heavy atom. The minimum absolute atomic E-state index is 0.426. The Morgan fingerprint density at radius 3 is 2.56 bits per heavy atom. The highest BCUT2D eigenvalue weighted by atomic mass is 16.6. The van der Waals surface area contributed by atoms with Crippen LogP contribution >= 0.6 is 0 Å². The molecule has 25 heavy (non-hydrogen) atoms. The van der Waals surface area contributed by atoms with E-state index < -0.39 is 11.7 Å². The smallest absolute Gasteiger partial charge is 0.409 e. The molecule has 1 N–H and O–H groups in total. The summed E-state index contributed by atoms with van der Waals surface area (Å²) >= 11 is 0. The molecule has 126 valence electrons. The van der Waals surface area contributed by atoms with Gasteiger partial charge in [-0.25, -0.2) is 4.79 Å². The van der Waals surface area contributed by atoms with Crippen molar-refractivity contribution in [3.8, 4) is 11.8 Å². The Kier molecular flexibility index (Phi) is 4.35. The summed E-state index contributed by atoms with van der Waals surface area (Å²) in [6.07, 6.45) is 1.40. The molecule has 3 rings (SSSR count). The molecule has 2 aromatic carbocycles. The molecule has 0 fully saturated rings. The number of fused-ring (bicyclic) bond motifs is 1. The third-order valence-electron chi connectivity index (χ3n) is 3.70. The van der Waals surface area contributed by atoms with Crippen LogP contribution in [0.15, 0.2) is 48.5 Å². The zero-order valence-corrected chi connectivity index (χ0v) is 14.4. The fourth-order valence-corrected chi connectivity index (χ4v) is 2.45. The molecule has 0 saturated heterocycles. The van der Waals surface area contributed by atoms with E-state index in [1.165, 1.54) is 4.90 Å². The van der Waals surface area contributed by atoms with E-state index in [4.69, 9.17) is 4.74 Å². The van der Waals surface area contributed by atoms with Crippen LogP contribution < -0.4 is 4.90 Å². The van der Waals surface area contributed by atoms with Crippen molar-refractivity contribution in [3.05, 3.63) is 65.2 Å². The SMILES string of the molecule is CN1C(=O)O/C(=C\c2ccccc2)c2cc(C#CC(C)(C)O)ccc21. The Labute approximate surface area is 147 Å². The molecule has 0 aliphatic carbocycles. The molecule has 2 aromatic rings. The van der Waals surface area contributed by atoms with E-state index >= 15 is 0 Å². The van der Waals surface area contributed by atoms with Crippen LogP contribution in [0.25, 0.3) is 11.8 Å². The van der Waals surface area contributed by atoms with Crippen LogP contribution in [0.5, 0.6) is 0 Å². The zero-order chi connectivity index (χ0) is 18.0. The fourth-order valence-electron chi connectivity index (χ4n) is 2.45. The minimum Gasteiger partial charge on any atom is -0.409 e. The third kappa shape index (κ3) is 3.90. The van der Waals surface area contributed by atoms with Gasteiger partial charge >= 0.3 is 6.09 Å². The Bertz CT molecular complexity index is 896. The van der Waals surface area contributed by atoms with E-state index in [9.17, 15) is 9.90 Å². The average molecular weight is 333 g/mol. The van der Waals surface area contributed by atoms with Crippen molar-refractivity contribution in [2.24, 2.45) is 0 Å². The normalized spacial score (nSPS) is 15.3. The van der Waals surface area contributed by atoms with Crippen molar-refractivity contribution in [2.75, 3.05) is 11.9 Å². The van der Waals surface area contributed by atoms with Crippen LogP contribution in [0.4, 0.5) is 10.5 Å². The van der Waals surface area contributed by atoms with Gasteiger partial charge in [-0.15, -0.1) is 0 Å². The van der Waals surface area contributed by atoms with Crippen molar-refractivity contribution in [1.82, 2.24) is 0 Å². The fraction of sp³-hybridized carbons (Fsp3) is 0.190. The number of hydrogen-bond acceptors (Lipinski definition) is 3. The van der Waals surface area contributed by atoms with Crippen molar-refractivity contribution in [3.63, 3.8) is 0 Å². The monoisotopic (exact) mass is 333 g/mol. The Balaban J connectivity index is 2.09. The maximum absolute atomic E-state index is 12.1. The molecule has 1 heterocycles. The molecule has 4 nitrogen and oxygen atoms in total. The van der Waals surface area contributed by atoms with Crippen LogP contribution in [-0.4, -0.2) is 23.8 Å². The number of nitrogens with zero attached hydrogens (tertiary/aromatic N) is 1. The highest BCUT2D eigenvalue weighted by molar-refractivity contribution is 6.01. The minimum atomic E-state index is -1.07. The Hall–Kier alpha value is -3.03. The summed E-state index contributed by atoms with van der Waals surface area (Å²) in [4.78, 5) is 13.6. The summed E-state index contributed by atoms with van der Waals surface area (Å²) in [5.41, 5.74) is 2.16. The second-order valence-electron chi connectivity index (χ2n) is 6.39. The lowest BCUT2D eigenvalue weighted by Crippen LogP contribution is -2.31. The standard InChI is InChI=1S/C21H19NO3/c1-21(2,24)12-11-16-9-10-18-17(13-16)19(25-20(23)22(18)3)14-15-7-5-4-6-8-15/h4-10,13-14,24H,1-3H3/b19-14-. The van der Waals surface area contributed by atoms with Gasteiger partial charge in [-0.2, -0.15) is 0 Å². The highest BCUT2D eigenvalue weighted by Crippen LogP contribution is 2.35. The van der Waals surface area contributed by atoms with Crippen LogP contribution in [0, 0.1) is 11.8 Å². The number of benzene rings is 2. The largest absolute Gasteiger partial charge is 0.419 e. The van der Waals surface area contributed by atoms with E-state index in [1.807, 2.05) is 54.6 Å². The maximum Gasteiger partial charge on any atom is 0.419 e. The van der Waals surface area contributed by atoms with Crippen LogP contribution in [0.2, 0.25) is 0 Å². The van der Waals surface area contributed by atoms with E-state index in [1.54, 1.807) is 20.9 Å². The lowest BCUT2D eigenvalue weighted by atomic mass is 10.0. The van der Waals surface area contributed by atoms with Gasteiger partial charge in [0.25, 0.3) is 0 Å². The molecular formula is C21H19NO3. The van der Waals surface area contributed by atoms with E-state index in [0.717, 1.165) is 22.4 Å². The number of rotatable bonds is 1. The van der Waals surface area contributed by atoms with Gasteiger partial charge in [-0.3, -0.25) is 4.90 Å².